The van der Waals surface area contributed by atoms with Crippen LogP contribution in [0.4, 0.5) is 0 Å². The van der Waals surface area contributed by atoms with Crippen LogP contribution in [0.5, 0.6) is 0 Å². The van der Waals surface area contributed by atoms with Crippen molar-refractivity contribution in [1.82, 2.24) is 20.2 Å². The predicted octanol–water partition coefficient (Wildman–Crippen LogP) is 1.60. The van der Waals surface area contributed by atoms with Crippen molar-refractivity contribution in [1.29, 1.82) is 0 Å². The Morgan fingerprint density at radius 3 is 2.75 bits per heavy atom. The van der Waals surface area contributed by atoms with Crippen LogP contribution in [0.25, 0.3) is 11.4 Å². The van der Waals surface area contributed by atoms with Crippen molar-refractivity contribution in [2.45, 2.75) is 6.42 Å². The molecule has 24 heavy (non-hydrogen) atoms. The fraction of sp³-hybridized carbons (Fsp3) is 0.389. The third-order valence-corrected chi connectivity index (χ3v) is 4.00. The highest BCUT2D eigenvalue weighted by atomic mass is 16.5. The van der Waals surface area contributed by atoms with E-state index in [4.69, 9.17) is 4.74 Å². The van der Waals surface area contributed by atoms with Crippen molar-refractivity contribution in [2.24, 2.45) is 0 Å². The maximum absolute atomic E-state index is 12.5. The van der Waals surface area contributed by atoms with Crippen LogP contribution in [0.3, 0.4) is 0 Å². The van der Waals surface area contributed by atoms with Crippen molar-refractivity contribution in [3.63, 3.8) is 0 Å². The first-order valence-electron chi connectivity index (χ1n) is 8.29. The van der Waals surface area contributed by atoms with Crippen LogP contribution in [-0.2, 0) is 4.74 Å². The van der Waals surface area contributed by atoms with Gasteiger partial charge in [-0.3, -0.25) is 19.7 Å². The SMILES string of the molecule is O=C(NCCCN1CCOCC1)c1cccnc1-c1ccccn1. The molecule has 0 unspecified atom stereocenters. The van der Waals surface area contributed by atoms with Gasteiger partial charge in [0.05, 0.1) is 24.5 Å². The van der Waals surface area contributed by atoms with Gasteiger partial charge >= 0.3 is 0 Å². The van der Waals surface area contributed by atoms with E-state index in [-0.39, 0.29) is 5.91 Å². The second kappa shape index (κ2) is 8.52. The van der Waals surface area contributed by atoms with Crippen molar-refractivity contribution in [3.05, 3.63) is 48.3 Å². The van der Waals surface area contributed by atoms with Crippen LogP contribution in [0.1, 0.15) is 16.8 Å². The van der Waals surface area contributed by atoms with Crippen molar-refractivity contribution in [3.8, 4) is 11.4 Å². The van der Waals surface area contributed by atoms with Gasteiger partial charge < -0.3 is 10.1 Å². The summed E-state index contributed by atoms with van der Waals surface area (Å²) in [7, 11) is 0. The van der Waals surface area contributed by atoms with Gasteiger partial charge in [-0.1, -0.05) is 6.07 Å². The van der Waals surface area contributed by atoms with Gasteiger partial charge in [0.15, 0.2) is 0 Å². The number of nitrogens with one attached hydrogen (secondary N) is 1. The molecule has 1 aliphatic heterocycles. The molecule has 0 spiro atoms. The van der Waals surface area contributed by atoms with Gasteiger partial charge in [-0.15, -0.1) is 0 Å². The Morgan fingerprint density at radius 2 is 1.96 bits per heavy atom. The molecule has 3 rings (SSSR count). The fourth-order valence-corrected chi connectivity index (χ4v) is 2.72. The topological polar surface area (TPSA) is 67.4 Å². The Hall–Kier alpha value is -2.31. The molecule has 1 saturated heterocycles. The van der Waals surface area contributed by atoms with Crippen molar-refractivity contribution >= 4 is 5.91 Å². The summed E-state index contributed by atoms with van der Waals surface area (Å²) in [5.74, 6) is -0.106. The fourth-order valence-electron chi connectivity index (χ4n) is 2.72. The third-order valence-electron chi connectivity index (χ3n) is 4.00. The predicted molar refractivity (Wildman–Crippen MR) is 91.7 cm³/mol. The number of hydrogen-bond acceptors (Lipinski definition) is 5. The van der Waals surface area contributed by atoms with E-state index in [9.17, 15) is 4.79 Å². The average molecular weight is 326 g/mol. The summed E-state index contributed by atoms with van der Waals surface area (Å²) in [6.45, 7) is 5.17. The summed E-state index contributed by atoms with van der Waals surface area (Å²) >= 11 is 0. The lowest BCUT2D eigenvalue weighted by Gasteiger charge is -2.26. The number of aromatic nitrogens is 2. The average Bonchev–Trinajstić information content (AvgIpc) is 2.66. The summed E-state index contributed by atoms with van der Waals surface area (Å²) < 4.78 is 5.33. The normalized spacial score (nSPS) is 15.2. The number of rotatable bonds is 6. The van der Waals surface area contributed by atoms with Gasteiger partial charge in [0, 0.05) is 32.0 Å². The van der Waals surface area contributed by atoms with E-state index in [1.54, 1.807) is 24.5 Å². The highest BCUT2D eigenvalue weighted by Gasteiger charge is 2.14. The standard InChI is InChI=1S/C18H22N4O2/c23-18(21-9-4-10-22-11-13-24-14-12-22)15-5-3-8-20-17(15)16-6-1-2-7-19-16/h1-3,5-8H,4,9-14H2,(H,21,23). The van der Waals surface area contributed by atoms with Crippen LogP contribution in [0.15, 0.2) is 42.7 Å². The first kappa shape index (κ1) is 16.5. The maximum atomic E-state index is 12.5. The Balaban J connectivity index is 1.55. The molecule has 1 amide bonds. The first-order valence-corrected chi connectivity index (χ1v) is 8.29. The number of pyridine rings is 2. The minimum atomic E-state index is -0.106. The highest BCUT2D eigenvalue weighted by Crippen LogP contribution is 2.18. The van der Waals surface area contributed by atoms with Gasteiger partial charge in [-0.25, -0.2) is 0 Å². The van der Waals surface area contributed by atoms with Gasteiger partial charge in [0.1, 0.15) is 5.69 Å². The Kier molecular flexibility index (Phi) is 5.87. The molecule has 2 aromatic rings. The number of ether oxygens (including phenoxy) is 1. The summed E-state index contributed by atoms with van der Waals surface area (Å²) in [6, 6.07) is 9.15. The van der Waals surface area contributed by atoms with E-state index >= 15 is 0 Å². The molecule has 1 fully saturated rings. The Labute approximate surface area is 141 Å². The molecule has 0 aromatic carbocycles. The van der Waals surface area contributed by atoms with Crippen molar-refractivity contribution in [2.75, 3.05) is 39.4 Å². The summed E-state index contributed by atoms with van der Waals surface area (Å²) in [4.78, 5) is 23.5. The molecule has 6 nitrogen and oxygen atoms in total. The number of carbonyl (C=O) groups excluding carboxylic acids is 1. The second-order valence-electron chi connectivity index (χ2n) is 5.68. The van der Waals surface area contributed by atoms with Crippen LogP contribution >= 0.6 is 0 Å². The van der Waals surface area contributed by atoms with Crippen LogP contribution in [0, 0.1) is 0 Å². The van der Waals surface area contributed by atoms with Gasteiger partial charge in [-0.05, 0) is 37.2 Å². The maximum Gasteiger partial charge on any atom is 0.253 e. The summed E-state index contributed by atoms with van der Waals surface area (Å²) in [5, 5.41) is 2.98. The Morgan fingerprint density at radius 1 is 1.12 bits per heavy atom. The van der Waals surface area contributed by atoms with Gasteiger partial charge in [0.2, 0.25) is 0 Å². The molecule has 2 aromatic heterocycles. The summed E-state index contributed by atoms with van der Waals surface area (Å²) in [5.41, 5.74) is 1.88. The monoisotopic (exact) mass is 326 g/mol. The lowest BCUT2D eigenvalue weighted by atomic mass is 10.1. The molecule has 6 heteroatoms. The molecule has 1 aliphatic rings. The largest absolute Gasteiger partial charge is 0.379 e. The van der Waals surface area contributed by atoms with Crippen molar-refractivity contribution < 1.29 is 9.53 Å². The molecule has 0 bridgehead atoms. The van der Waals surface area contributed by atoms with Crippen LogP contribution in [0.2, 0.25) is 0 Å². The van der Waals surface area contributed by atoms with Gasteiger partial charge in [0.25, 0.3) is 5.91 Å². The zero-order valence-electron chi connectivity index (χ0n) is 13.6. The molecular formula is C18H22N4O2. The molecule has 126 valence electrons. The number of hydrogen-bond donors (Lipinski definition) is 1. The molecular weight excluding hydrogens is 304 g/mol. The lowest BCUT2D eigenvalue weighted by Crippen LogP contribution is -2.38. The zero-order valence-corrected chi connectivity index (χ0v) is 13.6. The summed E-state index contributed by atoms with van der Waals surface area (Å²) in [6.07, 6.45) is 4.30. The van der Waals surface area contributed by atoms with Crippen LogP contribution in [-0.4, -0.2) is 60.2 Å². The number of carbonyl (C=O) groups is 1. The van der Waals surface area contributed by atoms with E-state index in [2.05, 4.69) is 20.2 Å². The van der Waals surface area contributed by atoms with E-state index in [1.165, 1.54) is 0 Å². The third kappa shape index (κ3) is 4.37. The minimum absolute atomic E-state index is 0.106. The van der Waals surface area contributed by atoms with Crippen LogP contribution < -0.4 is 5.32 Å². The molecule has 0 atom stereocenters. The smallest absolute Gasteiger partial charge is 0.253 e. The molecule has 0 aliphatic carbocycles. The van der Waals surface area contributed by atoms with E-state index in [1.807, 2.05) is 18.2 Å². The minimum Gasteiger partial charge on any atom is -0.379 e. The van der Waals surface area contributed by atoms with E-state index < -0.39 is 0 Å². The number of amides is 1. The number of nitrogens with zero attached hydrogens (tertiary/aromatic N) is 3. The van der Waals surface area contributed by atoms with E-state index in [0.29, 0.717) is 23.5 Å². The molecule has 0 radical (unpaired) electrons. The number of morpholine rings is 1. The molecule has 1 N–H and O–H groups in total. The highest BCUT2D eigenvalue weighted by molar-refractivity contribution is 5.99. The lowest BCUT2D eigenvalue weighted by molar-refractivity contribution is 0.0374. The first-order chi connectivity index (χ1) is 11.8. The van der Waals surface area contributed by atoms with E-state index in [0.717, 1.165) is 39.3 Å². The molecule has 3 heterocycles. The Bertz CT molecular complexity index is 657. The second-order valence-corrected chi connectivity index (χ2v) is 5.68. The zero-order chi connectivity index (χ0) is 16.6. The van der Waals surface area contributed by atoms with Gasteiger partial charge in [-0.2, -0.15) is 0 Å². The molecule has 0 saturated carbocycles. The quantitative estimate of drug-likeness (QED) is 0.817.